The minimum absolute atomic E-state index is 0.0636. The van der Waals surface area contributed by atoms with E-state index in [4.69, 9.17) is 14.2 Å². The lowest BCUT2D eigenvalue weighted by molar-refractivity contribution is 0.0942. The van der Waals surface area contributed by atoms with Gasteiger partial charge in [-0.25, -0.2) is 0 Å². The van der Waals surface area contributed by atoms with Crippen molar-refractivity contribution in [2.75, 3.05) is 41.6 Å². The summed E-state index contributed by atoms with van der Waals surface area (Å²) in [6.07, 6.45) is 3.82. The summed E-state index contributed by atoms with van der Waals surface area (Å²) in [6, 6.07) is 3.36. The molecule has 1 heterocycles. The minimum Gasteiger partial charge on any atom is -0.496 e. The molecule has 0 atom stereocenters. The van der Waals surface area contributed by atoms with Gasteiger partial charge in [-0.2, -0.15) is 0 Å². The quantitative estimate of drug-likeness (QED) is 0.742. The van der Waals surface area contributed by atoms with Gasteiger partial charge in [0.1, 0.15) is 22.8 Å². The summed E-state index contributed by atoms with van der Waals surface area (Å²) in [6.45, 7) is 0.951. The number of carbonyl (C=O) groups excluding carboxylic acids is 1. The van der Waals surface area contributed by atoms with Crippen LogP contribution < -0.4 is 14.2 Å². The average molecular weight is 292 g/mol. The summed E-state index contributed by atoms with van der Waals surface area (Å²) in [4.78, 5) is 16.5. The molecule has 1 aliphatic rings. The number of benzene rings is 1. The van der Waals surface area contributed by atoms with Crippen molar-refractivity contribution in [3.8, 4) is 17.2 Å². The minimum atomic E-state index is -0.0636. The van der Waals surface area contributed by atoms with Crippen molar-refractivity contribution >= 4 is 5.78 Å². The highest BCUT2D eigenvalue weighted by atomic mass is 16.5. The van der Waals surface area contributed by atoms with Gasteiger partial charge in [-0.05, 0) is 0 Å². The van der Waals surface area contributed by atoms with Gasteiger partial charge in [0, 0.05) is 31.6 Å². The normalized spacial score (nSPS) is 13.5. The van der Waals surface area contributed by atoms with Gasteiger partial charge < -0.3 is 24.0 Å². The summed E-state index contributed by atoms with van der Waals surface area (Å²) in [5, 5.41) is 0. The molecular formula is C15H20N2O4. The third kappa shape index (κ3) is 3.21. The van der Waals surface area contributed by atoms with Gasteiger partial charge in [0.2, 0.25) is 0 Å². The van der Waals surface area contributed by atoms with E-state index in [1.165, 1.54) is 14.2 Å². The molecule has 1 aromatic rings. The Hall–Kier alpha value is -2.37. The standard InChI is InChI=1S/C15H20N2O4/c1-16-5-6-17(10-16)9-12(18)15-13(20-3)7-11(19-2)8-14(15)21-4/h5-8H,9-10H2,1-4H3. The Kier molecular flexibility index (Phi) is 4.57. The third-order valence-electron chi connectivity index (χ3n) is 3.28. The largest absolute Gasteiger partial charge is 0.496 e. The van der Waals surface area contributed by atoms with Crippen LogP contribution in [0.3, 0.4) is 0 Å². The van der Waals surface area contributed by atoms with E-state index in [1.807, 2.05) is 29.2 Å². The first-order chi connectivity index (χ1) is 10.1. The molecule has 1 aromatic carbocycles. The monoisotopic (exact) mass is 292 g/mol. The van der Waals surface area contributed by atoms with E-state index in [0.29, 0.717) is 29.5 Å². The maximum Gasteiger partial charge on any atom is 0.189 e. The van der Waals surface area contributed by atoms with Crippen molar-refractivity contribution in [3.63, 3.8) is 0 Å². The molecule has 1 aliphatic heterocycles. The second kappa shape index (κ2) is 6.39. The van der Waals surface area contributed by atoms with E-state index in [9.17, 15) is 4.79 Å². The van der Waals surface area contributed by atoms with Crippen molar-refractivity contribution < 1.29 is 19.0 Å². The fraction of sp³-hybridized carbons (Fsp3) is 0.400. The van der Waals surface area contributed by atoms with Crippen molar-refractivity contribution in [2.45, 2.75) is 0 Å². The Balaban J connectivity index is 2.28. The number of rotatable bonds is 6. The van der Waals surface area contributed by atoms with Gasteiger partial charge in [0.25, 0.3) is 0 Å². The van der Waals surface area contributed by atoms with Crippen molar-refractivity contribution in [1.82, 2.24) is 9.80 Å². The molecule has 0 aliphatic carbocycles. The van der Waals surface area contributed by atoms with Crippen LogP contribution >= 0.6 is 0 Å². The number of Topliss-reactive ketones (excluding diaryl/α,β-unsaturated/α-hetero) is 1. The molecule has 6 heteroatoms. The Labute approximate surface area is 124 Å². The molecule has 0 aromatic heterocycles. The predicted molar refractivity (Wildman–Crippen MR) is 78.9 cm³/mol. The molecular weight excluding hydrogens is 272 g/mol. The lowest BCUT2D eigenvalue weighted by atomic mass is 10.1. The van der Waals surface area contributed by atoms with Crippen molar-refractivity contribution in [3.05, 3.63) is 30.1 Å². The number of hydrogen-bond donors (Lipinski definition) is 0. The molecule has 0 fully saturated rings. The van der Waals surface area contributed by atoms with Crippen molar-refractivity contribution in [1.29, 1.82) is 0 Å². The maximum atomic E-state index is 12.6. The molecule has 0 saturated carbocycles. The predicted octanol–water partition coefficient (Wildman–Crippen LogP) is 1.57. The van der Waals surface area contributed by atoms with Crippen LogP contribution in [0, 0.1) is 0 Å². The number of ketones is 1. The first kappa shape index (κ1) is 15.0. The first-order valence-corrected chi connectivity index (χ1v) is 6.55. The average Bonchev–Trinajstić information content (AvgIpc) is 2.90. The highest BCUT2D eigenvalue weighted by Crippen LogP contribution is 2.34. The molecule has 21 heavy (non-hydrogen) atoms. The molecule has 0 saturated heterocycles. The first-order valence-electron chi connectivity index (χ1n) is 6.55. The topological polar surface area (TPSA) is 51.2 Å². The second-order valence-electron chi connectivity index (χ2n) is 4.77. The van der Waals surface area contributed by atoms with Crippen LogP contribution in [0.4, 0.5) is 0 Å². The van der Waals surface area contributed by atoms with E-state index in [1.54, 1.807) is 19.2 Å². The molecule has 0 bridgehead atoms. The van der Waals surface area contributed by atoms with Gasteiger partial charge in [-0.15, -0.1) is 0 Å². The molecule has 114 valence electrons. The Morgan fingerprint density at radius 2 is 1.71 bits per heavy atom. The van der Waals surface area contributed by atoms with Crippen LogP contribution in [-0.4, -0.2) is 57.2 Å². The third-order valence-corrected chi connectivity index (χ3v) is 3.28. The van der Waals surface area contributed by atoms with Gasteiger partial charge in [-0.1, -0.05) is 0 Å². The molecule has 0 unspecified atom stereocenters. The van der Waals surface area contributed by atoms with E-state index in [-0.39, 0.29) is 12.3 Å². The summed E-state index contributed by atoms with van der Waals surface area (Å²) < 4.78 is 15.8. The summed E-state index contributed by atoms with van der Waals surface area (Å²) in [5.41, 5.74) is 0.434. The van der Waals surface area contributed by atoms with Crippen LogP contribution in [0.15, 0.2) is 24.5 Å². The van der Waals surface area contributed by atoms with Gasteiger partial charge in [-0.3, -0.25) is 4.79 Å². The highest BCUT2D eigenvalue weighted by molar-refractivity contribution is 6.03. The van der Waals surface area contributed by atoms with E-state index >= 15 is 0 Å². The second-order valence-corrected chi connectivity index (χ2v) is 4.77. The molecule has 6 nitrogen and oxygen atoms in total. The van der Waals surface area contributed by atoms with Crippen molar-refractivity contribution in [2.24, 2.45) is 0 Å². The summed E-state index contributed by atoms with van der Waals surface area (Å²) in [5.74, 6) is 1.42. The van der Waals surface area contributed by atoms with E-state index < -0.39 is 0 Å². The Bertz CT molecular complexity index is 532. The lowest BCUT2D eigenvalue weighted by Crippen LogP contribution is -2.28. The number of carbonyl (C=O) groups is 1. The lowest BCUT2D eigenvalue weighted by Gasteiger charge is -2.19. The van der Waals surface area contributed by atoms with Gasteiger partial charge >= 0.3 is 0 Å². The zero-order valence-corrected chi connectivity index (χ0v) is 12.8. The SMILES string of the molecule is COc1cc(OC)c(C(=O)CN2C=CN(C)C2)c(OC)c1. The molecule has 2 rings (SSSR count). The molecule has 0 N–H and O–H groups in total. The van der Waals surface area contributed by atoms with Crippen LogP contribution in [0.2, 0.25) is 0 Å². The van der Waals surface area contributed by atoms with E-state index in [0.717, 1.165) is 0 Å². The Morgan fingerprint density at radius 3 is 2.14 bits per heavy atom. The van der Waals surface area contributed by atoms with Crippen LogP contribution in [0.1, 0.15) is 10.4 Å². The van der Waals surface area contributed by atoms with Crippen LogP contribution in [0.25, 0.3) is 0 Å². The number of methoxy groups -OCH3 is 3. The zero-order valence-electron chi connectivity index (χ0n) is 12.8. The summed E-state index contributed by atoms with van der Waals surface area (Å²) >= 11 is 0. The van der Waals surface area contributed by atoms with Gasteiger partial charge in [0.15, 0.2) is 5.78 Å². The molecule has 0 spiro atoms. The smallest absolute Gasteiger partial charge is 0.189 e. The van der Waals surface area contributed by atoms with Gasteiger partial charge in [0.05, 0.1) is 34.5 Å². The maximum absolute atomic E-state index is 12.6. The molecule has 0 amide bonds. The number of hydrogen-bond acceptors (Lipinski definition) is 6. The van der Waals surface area contributed by atoms with Crippen LogP contribution in [-0.2, 0) is 0 Å². The fourth-order valence-corrected chi connectivity index (χ4v) is 2.24. The van der Waals surface area contributed by atoms with E-state index in [2.05, 4.69) is 0 Å². The fourth-order valence-electron chi connectivity index (χ4n) is 2.24. The highest BCUT2D eigenvalue weighted by Gasteiger charge is 2.22. The van der Waals surface area contributed by atoms with Crippen LogP contribution in [0.5, 0.6) is 17.2 Å². The zero-order chi connectivity index (χ0) is 15.4. The summed E-state index contributed by atoms with van der Waals surface area (Å²) in [7, 11) is 6.55. The number of nitrogens with zero attached hydrogens (tertiary/aromatic N) is 2. The Morgan fingerprint density at radius 1 is 1.10 bits per heavy atom. The number of ether oxygens (including phenoxy) is 3. The molecule has 0 radical (unpaired) electrons.